The second-order valence-corrected chi connectivity index (χ2v) is 5.22. The van der Waals surface area contributed by atoms with Crippen LogP contribution < -0.4 is 0 Å². The van der Waals surface area contributed by atoms with Gasteiger partial charge in [-0.2, -0.15) is 0 Å². The van der Waals surface area contributed by atoms with Gasteiger partial charge in [0.25, 0.3) is 0 Å². The summed E-state index contributed by atoms with van der Waals surface area (Å²) in [6.07, 6.45) is 0. The van der Waals surface area contributed by atoms with Gasteiger partial charge >= 0.3 is 0 Å². The van der Waals surface area contributed by atoms with Crippen molar-refractivity contribution in [3.8, 4) is 11.3 Å². The van der Waals surface area contributed by atoms with Crippen molar-refractivity contribution in [3.63, 3.8) is 0 Å². The van der Waals surface area contributed by atoms with E-state index in [2.05, 4.69) is 39.1 Å². The molecule has 3 heteroatoms. The Hall–Kier alpha value is -1.25. The van der Waals surface area contributed by atoms with Crippen LogP contribution in [0.5, 0.6) is 0 Å². The molecule has 0 bridgehead atoms. The minimum atomic E-state index is 0.778. The first-order chi connectivity index (χ1) is 8.24. The number of H-pyrrole nitrogens is 1. The summed E-state index contributed by atoms with van der Waals surface area (Å²) in [7, 11) is 0. The molecule has 84 valence electrons. The molecule has 0 radical (unpaired) electrons. The van der Waals surface area contributed by atoms with Crippen LogP contribution in [0, 0.1) is 0 Å². The zero-order valence-electron chi connectivity index (χ0n) is 8.87. The number of hydrogen-bond donors (Lipinski definition) is 1. The Morgan fingerprint density at radius 2 is 1.82 bits per heavy atom. The van der Waals surface area contributed by atoms with Gasteiger partial charge in [0.2, 0.25) is 0 Å². The summed E-state index contributed by atoms with van der Waals surface area (Å²) < 4.78 is 1.07. The van der Waals surface area contributed by atoms with Crippen LogP contribution in [-0.2, 0) is 0 Å². The van der Waals surface area contributed by atoms with Crippen LogP contribution in [0.15, 0.2) is 53.0 Å². The molecule has 0 aliphatic heterocycles. The monoisotopic (exact) mass is 305 g/mol. The minimum absolute atomic E-state index is 0.778. The first kappa shape index (κ1) is 10.9. The predicted octanol–water partition coefficient (Wildman–Crippen LogP) is 5.25. The van der Waals surface area contributed by atoms with Crippen molar-refractivity contribution in [1.29, 1.82) is 0 Å². The first-order valence-electron chi connectivity index (χ1n) is 5.27. The third-order valence-electron chi connectivity index (χ3n) is 2.75. The zero-order valence-corrected chi connectivity index (χ0v) is 11.2. The minimum Gasteiger partial charge on any atom is -0.354 e. The Balaban J connectivity index is 2.22. The third-order valence-corrected chi connectivity index (χ3v) is 3.57. The summed E-state index contributed by atoms with van der Waals surface area (Å²) >= 11 is 9.64. The molecule has 1 aromatic heterocycles. The van der Waals surface area contributed by atoms with E-state index in [1.165, 1.54) is 0 Å². The van der Waals surface area contributed by atoms with E-state index in [0.29, 0.717) is 0 Å². The molecule has 0 unspecified atom stereocenters. The molecule has 0 atom stereocenters. The van der Waals surface area contributed by atoms with E-state index >= 15 is 0 Å². The smallest absolute Gasteiger partial charge is 0.0500 e. The average molecular weight is 307 g/mol. The molecule has 1 nitrogen and oxygen atoms in total. The van der Waals surface area contributed by atoms with E-state index < -0.39 is 0 Å². The molecule has 1 N–H and O–H groups in total. The highest BCUT2D eigenvalue weighted by molar-refractivity contribution is 9.10. The van der Waals surface area contributed by atoms with Gasteiger partial charge in [0, 0.05) is 26.1 Å². The highest BCUT2D eigenvalue weighted by Gasteiger charge is 2.05. The zero-order chi connectivity index (χ0) is 11.8. The van der Waals surface area contributed by atoms with Crippen LogP contribution in [0.4, 0.5) is 0 Å². The standard InChI is InChI=1S/C14H9BrClN/c15-10-4-1-3-9(7-10)14-8-11-12(16)5-2-6-13(11)17-14/h1-8,17H. The molecule has 0 amide bonds. The van der Waals surface area contributed by atoms with E-state index in [1.807, 2.05) is 30.3 Å². The molecule has 1 heterocycles. The molecule has 3 rings (SSSR count). The molecule has 0 aliphatic rings. The van der Waals surface area contributed by atoms with Crippen molar-refractivity contribution < 1.29 is 0 Å². The van der Waals surface area contributed by atoms with Crippen molar-refractivity contribution >= 4 is 38.4 Å². The largest absolute Gasteiger partial charge is 0.354 e. The predicted molar refractivity (Wildman–Crippen MR) is 76.4 cm³/mol. The van der Waals surface area contributed by atoms with Gasteiger partial charge in [-0.1, -0.05) is 45.7 Å². The van der Waals surface area contributed by atoms with E-state index in [0.717, 1.165) is 31.7 Å². The van der Waals surface area contributed by atoms with Crippen LogP contribution in [0.2, 0.25) is 5.02 Å². The Labute approximate surface area is 113 Å². The molecular formula is C14H9BrClN. The van der Waals surface area contributed by atoms with Crippen LogP contribution in [0.25, 0.3) is 22.2 Å². The number of nitrogens with one attached hydrogen (secondary N) is 1. The number of aromatic amines is 1. The molecule has 0 fully saturated rings. The summed E-state index contributed by atoms with van der Waals surface area (Å²) in [5.74, 6) is 0. The number of benzene rings is 2. The molecule has 0 aliphatic carbocycles. The van der Waals surface area contributed by atoms with E-state index in [1.54, 1.807) is 0 Å². The molecule has 2 aromatic carbocycles. The topological polar surface area (TPSA) is 15.8 Å². The van der Waals surface area contributed by atoms with Crippen LogP contribution in [0.1, 0.15) is 0 Å². The molecule has 0 saturated carbocycles. The molecule has 0 saturated heterocycles. The van der Waals surface area contributed by atoms with Crippen molar-refractivity contribution in [1.82, 2.24) is 4.98 Å². The Morgan fingerprint density at radius 1 is 1.00 bits per heavy atom. The fourth-order valence-electron chi connectivity index (χ4n) is 1.93. The van der Waals surface area contributed by atoms with Gasteiger partial charge < -0.3 is 4.98 Å². The molecule has 0 spiro atoms. The SMILES string of the molecule is Clc1cccc2[nH]c(-c3cccc(Br)c3)cc12. The van der Waals surface area contributed by atoms with Crippen molar-refractivity contribution in [3.05, 3.63) is 58.0 Å². The number of rotatable bonds is 1. The summed E-state index contributed by atoms with van der Waals surface area (Å²) in [6, 6.07) is 16.2. The van der Waals surface area contributed by atoms with Gasteiger partial charge in [-0.25, -0.2) is 0 Å². The van der Waals surface area contributed by atoms with Crippen molar-refractivity contribution in [2.45, 2.75) is 0 Å². The highest BCUT2D eigenvalue weighted by atomic mass is 79.9. The van der Waals surface area contributed by atoms with Gasteiger partial charge in [0.05, 0.1) is 0 Å². The average Bonchev–Trinajstić information content (AvgIpc) is 2.74. The number of hydrogen-bond acceptors (Lipinski definition) is 0. The van der Waals surface area contributed by atoms with Crippen molar-refractivity contribution in [2.75, 3.05) is 0 Å². The van der Waals surface area contributed by atoms with Crippen LogP contribution >= 0.6 is 27.5 Å². The maximum Gasteiger partial charge on any atom is 0.0500 e. The first-order valence-corrected chi connectivity index (χ1v) is 6.44. The van der Waals surface area contributed by atoms with Gasteiger partial charge in [-0.15, -0.1) is 0 Å². The fraction of sp³-hybridized carbons (Fsp3) is 0. The molecule has 3 aromatic rings. The van der Waals surface area contributed by atoms with Gasteiger partial charge in [-0.3, -0.25) is 0 Å². The Morgan fingerprint density at radius 3 is 2.59 bits per heavy atom. The van der Waals surface area contributed by atoms with Crippen LogP contribution in [-0.4, -0.2) is 4.98 Å². The fourth-order valence-corrected chi connectivity index (χ4v) is 2.56. The number of fused-ring (bicyclic) bond motifs is 1. The van der Waals surface area contributed by atoms with Gasteiger partial charge in [-0.05, 0) is 35.9 Å². The number of halogens is 2. The second-order valence-electron chi connectivity index (χ2n) is 3.89. The maximum atomic E-state index is 6.16. The maximum absolute atomic E-state index is 6.16. The Kier molecular flexibility index (Phi) is 2.69. The lowest BCUT2D eigenvalue weighted by molar-refractivity contribution is 1.45. The van der Waals surface area contributed by atoms with Crippen molar-refractivity contribution in [2.24, 2.45) is 0 Å². The van der Waals surface area contributed by atoms with Gasteiger partial charge in [0.1, 0.15) is 0 Å². The van der Waals surface area contributed by atoms with Crippen LogP contribution in [0.3, 0.4) is 0 Å². The van der Waals surface area contributed by atoms with E-state index in [9.17, 15) is 0 Å². The van der Waals surface area contributed by atoms with E-state index in [4.69, 9.17) is 11.6 Å². The number of aromatic nitrogens is 1. The summed E-state index contributed by atoms with van der Waals surface area (Å²) in [5, 5.41) is 1.84. The van der Waals surface area contributed by atoms with Gasteiger partial charge in [0.15, 0.2) is 0 Å². The molecule has 17 heavy (non-hydrogen) atoms. The summed E-state index contributed by atoms with van der Waals surface area (Å²) in [5.41, 5.74) is 3.29. The normalized spacial score (nSPS) is 10.9. The summed E-state index contributed by atoms with van der Waals surface area (Å²) in [6.45, 7) is 0. The second kappa shape index (κ2) is 4.21. The lowest BCUT2D eigenvalue weighted by atomic mass is 10.1. The quantitative estimate of drug-likeness (QED) is 0.632. The third kappa shape index (κ3) is 1.99. The highest BCUT2D eigenvalue weighted by Crippen LogP contribution is 2.29. The van der Waals surface area contributed by atoms with E-state index in [-0.39, 0.29) is 0 Å². The Bertz CT molecular complexity index is 688. The lowest BCUT2D eigenvalue weighted by Gasteiger charge is -1.97. The lowest BCUT2D eigenvalue weighted by Crippen LogP contribution is -1.76. The molecular weight excluding hydrogens is 298 g/mol. The summed E-state index contributed by atoms with van der Waals surface area (Å²) in [4.78, 5) is 3.37.